The van der Waals surface area contributed by atoms with Crippen molar-refractivity contribution < 1.29 is 4.52 Å². The van der Waals surface area contributed by atoms with E-state index in [1.807, 2.05) is 28.6 Å². The van der Waals surface area contributed by atoms with Gasteiger partial charge in [0.15, 0.2) is 0 Å². The monoisotopic (exact) mass is 365 g/mol. The second-order valence-electron chi connectivity index (χ2n) is 6.98. The molecule has 0 aliphatic rings. The van der Waals surface area contributed by atoms with Crippen LogP contribution in [-0.4, -0.2) is 29.5 Å². The second-order valence-corrected chi connectivity index (χ2v) is 6.98. The van der Waals surface area contributed by atoms with Gasteiger partial charge in [-0.15, -0.1) is 0 Å². The molecule has 0 unspecified atom stereocenters. The van der Waals surface area contributed by atoms with Gasteiger partial charge in [-0.3, -0.25) is 4.68 Å². The van der Waals surface area contributed by atoms with Gasteiger partial charge in [-0.25, -0.2) is 9.97 Å². The second kappa shape index (κ2) is 6.53. The smallest absolute Gasteiger partial charge is 0.146 e. The third-order valence-electron chi connectivity index (χ3n) is 4.56. The Balaban J connectivity index is 2.03. The molecule has 4 heterocycles. The highest BCUT2D eigenvalue weighted by Crippen LogP contribution is 2.39. The first kappa shape index (κ1) is 17.3. The van der Waals surface area contributed by atoms with Crippen LogP contribution in [0.5, 0.6) is 0 Å². The van der Waals surface area contributed by atoms with Crippen LogP contribution in [0.2, 0.25) is 0 Å². The van der Waals surface area contributed by atoms with Gasteiger partial charge in [0.2, 0.25) is 0 Å². The average Bonchev–Trinajstić information content (AvgIpc) is 3.32. The average molecular weight is 365 g/mol. The molecule has 8 nitrogen and oxygen atoms in total. The van der Waals surface area contributed by atoms with Crippen LogP contribution in [-0.2, 0) is 13.5 Å². The molecule has 2 N–H and O–H groups in total. The fourth-order valence-corrected chi connectivity index (χ4v) is 3.36. The zero-order chi connectivity index (χ0) is 19.1. The molecule has 4 aromatic rings. The maximum absolute atomic E-state index is 6.22. The molecule has 0 atom stereocenters. The number of hydrogen-bond donors (Lipinski definition) is 1. The maximum atomic E-state index is 6.22. The van der Waals surface area contributed by atoms with Crippen LogP contribution in [0.4, 0.5) is 5.82 Å². The molecular formula is C19H23N7O. The van der Waals surface area contributed by atoms with Gasteiger partial charge >= 0.3 is 0 Å². The van der Waals surface area contributed by atoms with E-state index in [1.54, 1.807) is 12.5 Å². The predicted octanol–water partition coefficient (Wildman–Crippen LogP) is 3.60. The molecule has 27 heavy (non-hydrogen) atoms. The summed E-state index contributed by atoms with van der Waals surface area (Å²) in [5, 5.41) is 9.99. The number of rotatable bonds is 5. The van der Waals surface area contributed by atoms with Crippen molar-refractivity contribution in [1.82, 2.24) is 29.5 Å². The zero-order valence-electron chi connectivity index (χ0n) is 16.0. The van der Waals surface area contributed by atoms with Crippen LogP contribution >= 0.6 is 0 Å². The SMILES string of the molecule is CCCc1onc(-c2nn(C(C)C)c3ccnc(N)c23)c1-c1cn(C)cn1. The van der Waals surface area contributed by atoms with Gasteiger partial charge in [-0.1, -0.05) is 12.1 Å². The lowest BCUT2D eigenvalue weighted by atomic mass is 10.0. The Labute approximate surface area is 157 Å². The van der Waals surface area contributed by atoms with Crippen LogP contribution in [0.25, 0.3) is 33.5 Å². The van der Waals surface area contributed by atoms with E-state index in [2.05, 4.69) is 35.9 Å². The van der Waals surface area contributed by atoms with E-state index in [9.17, 15) is 0 Å². The van der Waals surface area contributed by atoms with Gasteiger partial charge in [0.25, 0.3) is 0 Å². The Morgan fingerprint density at radius 2 is 2.04 bits per heavy atom. The fraction of sp³-hybridized carbons (Fsp3) is 0.368. The van der Waals surface area contributed by atoms with Gasteiger partial charge in [0, 0.05) is 31.9 Å². The minimum absolute atomic E-state index is 0.170. The third kappa shape index (κ3) is 2.77. The Bertz CT molecular complexity index is 1100. The lowest BCUT2D eigenvalue weighted by Gasteiger charge is -2.06. The normalized spacial score (nSPS) is 11.7. The molecule has 0 aliphatic heterocycles. The molecule has 0 aliphatic carbocycles. The van der Waals surface area contributed by atoms with Gasteiger partial charge in [0.05, 0.1) is 28.5 Å². The first-order valence-corrected chi connectivity index (χ1v) is 9.11. The first-order chi connectivity index (χ1) is 13.0. The van der Waals surface area contributed by atoms with Gasteiger partial charge in [-0.2, -0.15) is 5.10 Å². The van der Waals surface area contributed by atoms with E-state index in [0.717, 1.165) is 40.8 Å². The Morgan fingerprint density at radius 1 is 1.22 bits per heavy atom. The van der Waals surface area contributed by atoms with Crippen LogP contribution in [0.1, 0.15) is 39.0 Å². The van der Waals surface area contributed by atoms with Crippen LogP contribution in [0, 0.1) is 0 Å². The number of imidazole rings is 1. The van der Waals surface area contributed by atoms with Crippen LogP contribution in [0.3, 0.4) is 0 Å². The lowest BCUT2D eigenvalue weighted by Crippen LogP contribution is -2.02. The number of nitrogen functional groups attached to an aromatic ring is 1. The highest BCUT2D eigenvalue weighted by atomic mass is 16.5. The van der Waals surface area contributed by atoms with E-state index >= 15 is 0 Å². The number of hydrogen-bond acceptors (Lipinski definition) is 6. The van der Waals surface area contributed by atoms with Crippen molar-refractivity contribution >= 4 is 16.7 Å². The molecule has 0 radical (unpaired) electrons. The number of nitrogens with two attached hydrogens (primary N) is 1. The molecule has 4 aromatic heterocycles. The number of pyridine rings is 1. The first-order valence-electron chi connectivity index (χ1n) is 9.11. The highest BCUT2D eigenvalue weighted by molar-refractivity contribution is 6.02. The standard InChI is InChI=1S/C19H23N7O/c1-5-6-14-15(12-9-25(4)10-22-12)18(24-27-14)17-16-13(7-8-21-19(16)20)26(23-17)11(2)3/h7-11H,5-6H2,1-4H3,(H2,20,21). The topological polar surface area (TPSA) is 101 Å². The van der Waals surface area contributed by atoms with E-state index in [4.69, 9.17) is 15.4 Å². The summed E-state index contributed by atoms with van der Waals surface area (Å²) in [6.45, 7) is 6.27. The minimum atomic E-state index is 0.170. The Morgan fingerprint density at radius 3 is 2.70 bits per heavy atom. The van der Waals surface area contributed by atoms with E-state index in [1.165, 1.54) is 0 Å². The lowest BCUT2D eigenvalue weighted by molar-refractivity contribution is 0.384. The van der Waals surface area contributed by atoms with Gasteiger partial charge in [0.1, 0.15) is 23.0 Å². The summed E-state index contributed by atoms with van der Waals surface area (Å²) in [4.78, 5) is 8.78. The predicted molar refractivity (Wildman–Crippen MR) is 104 cm³/mol. The van der Waals surface area contributed by atoms with Crippen molar-refractivity contribution in [2.24, 2.45) is 7.05 Å². The molecule has 4 rings (SSSR count). The number of aryl methyl sites for hydroxylation is 2. The molecule has 8 heteroatoms. The highest BCUT2D eigenvalue weighted by Gasteiger charge is 2.26. The summed E-state index contributed by atoms with van der Waals surface area (Å²) in [7, 11) is 1.94. The molecular weight excluding hydrogens is 342 g/mol. The van der Waals surface area contributed by atoms with Crippen molar-refractivity contribution in [2.45, 2.75) is 39.7 Å². The van der Waals surface area contributed by atoms with Crippen molar-refractivity contribution in [3.8, 4) is 22.6 Å². The summed E-state index contributed by atoms with van der Waals surface area (Å²) in [5.74, 6) is 1.24. The zero-order valence-corrected chi connectivity index (χ0v) is 16.0. The summed E-state index contributed by atoms with van der Waals surface area (Å²) < 4.78 is 9.55. The van der Waals surface area contributed by atoms with Gasteiger partial charge < -0.3 is 14.8 Å². The van der Waals surface area contributed by atoms with Crippen molar-refractivity contribution in [3.05, 3.63) is 30.5 Å². The molecule has 140 valence electrons. The number of aromatic nitrogens is 6. The molecule has 0 saturated carbocycles. The molecule has 0 spiro atoms. The third-order valence-corrected chi connectivity index (χ3v) is 4.56. The van der Waals surface area contributed by atoms with Gasteiger partial charge in [-0.05, 0) is 26.3 Å². The van der Waals surface area contributed by atoms with Crippen LogP contribution < -0.4 is 5.73 Å². The quantitative estimate of drug-likeness (QED) is 0.580. The molecule has 0 fully saturated rings. The summed E-state index contributed by atoms with van der Waals surface area (Å²) >= 11 is 0. The Kier molecular flexibility index (Phi) is 4.18. The van der Waals surface area contributed by atoms with Crippen molar-refractivity contribution in [2.75, 3.05) is 5.73 Å². The van der Waals surface area contributed by atoms with E-state index in [0.29, 0.717) is 17.2 Å². The largest absolute Gasteiger partial charge is 0.383 e. The fourth-order valence-electron chi connectivity index (χ4n) is 3.36. The summed E-state index contributed by atoms with van der Waals surface area (Å²) in [6, 6.07) is 2.10. The number of anilines is 1. The van der Waals surface area contributed by atoms with Crippen molar-refractivity contribution in [1.29, 1.82) is 0 Å². The van der Waals surface area contributed by atoms with Crippen molar-refractivity contribution in [3.63, 3.8) is 0 Å². The molecule has 0 bridgehead atoms. The minimum Gasteiger partial charge on any atom is -0.383 e. The molecule has 0 saturated heterocycles. The van der Waals surface area contributed by atoms with E-state index < -0.39 is 0 Å². The number of nitrogens with zero attached hydrogens (tertiary/aromatic N) is 6. The Hall–Kier alpha value is -3.16. The summed E-state index contributed by atoms with van der Waals surface area (Å²) in [6.07, 6.45) is 7.14. The molecule has 0 amide bonds. The summed E-state index contributed by atoms with van der Waals surface area (Å²) in [5.41, 5.74) is 10.2. The van der Waals surface area contributed by atoms with Crippen LogP contribution in [0.15, 0.2) is 29.3 Å². The molecule has 0 aromatic carbocycles. The van der Waals surface area contributed by atoms with E-state index in [-0.39, 0.29) is 6.04 Å². The maximum Gasteiger partial charge on any atom is 0.146 e. The number of fused-ring (bicyclic) bond motifs is 1.